The predicted molar refractivity (Wildman–Crippen MR) is 70.4 cm³/mol. The fourth-order valence-electron chi connectivity index (χ4n) is 2.03. The lowest BCUT2D eigenvalue weighted by molar-refractivity contribution is -0.137. The van der Waals surface area contributed by atoms with Crippen LogP contribution in [0.2, 0.25) is 0 Å². The van der Waals surface area contributed by atoms with Crippen molar-refractivity contribution in [3.05, 3.63) is 47.5 Å². The lowest BCUT2D eigenvalue weighted by Crippen LogP contribution is -2.11. The smallest absolute Gasteiger partial charge is 0.388 e. The van der Waals surface area contributed by atoms with Gasteiger partial charge in [0.15, 0.2) is 0 Å². The Bertz CT molecular complexity index is 578. The van der Waals surface area contributed by atoms with Gasteiger partial charge >= 0.3 is 6.18 Å². The Balaban J connectivity index is 2.09. The van der Waals surface area contributed by atoms with Crippen LogP contribution < -0.4 is 0 Å². The average Bonchev–Trinajstić information content (AvgIpc) is 2.86. The zero-order chi connectivity index (χ0) is 15.5. The first-order valence-corrected chi connectivity index (χ1v) is 6.63. The maximum atomic E-state index is 12.5. The van der Waals surface area contributed by atoms with Crippen molar-refractivity contribution in [1.29, 1.82) is 0 Å². The third-order valence-corrected chi connectivity index (χ3v) is 3.13. The number of aryl methyl sites for hydroxylation is 1. The van der Waals surface area contributed by atoms with Crippen molar-refractivity contribution >= 4 is 0 Å². The van der Waals surface area contributed by atoms with Crippen LogP contribution in [-0.2, 0) is 19.1 Å². The molecule has 0 saturated heterocycles. The molecule has 1 N–H and O–H groups in total. The molecular formula is C14H16F3N3O. The van der Waals surface area contributed by atoms with Crippen LogP contribution in [-0.4, -0.2) is 19.9 Å². The summed E-state index contributed by atoms with van der Waals surface area (Å²) in [7, 11) is 0. The second kappa shape index (κ2) is 6.26. The van der Waals surface area contributed by atoms with E-state index in [9.17, 15) is 18.3 Å². The van der Waals surface area contributed by atoms with E-state index in [0.29, 0.717) is 17.9 Å². The number of aliphatic hydroxyl groups is 1. The number of alkyl halides is 3. The fourth-order valence-corrected chi connectivity index (χ4v) is 2.03. The van der Waals surface area contributed by atoms with Crippen LogP contribution in [0.5, 0.6) is 0 Å². The molecule has 21 heavy (non-hydrogen) atoms. The minimum absolute atomic E-state index is 0.214. The molecule has 0 aliphatic heterocycles. The summed E-state index contributed by atoms with van der Waals surface area (Å²) < 4.78 is 39.1. The van der Waals surface area contributed by atoms with Gasteiger partial charge in [-0.1, -0.05) is 19.1 Å². The van der Waals surface area contributed by atoms with Crippen molar-refractivity contribution in [1.82, 2.24) is 14.8 Å². The van der Waals surface area contributed by atoms with E-state index in [-0.39, 0.29) is 6.42 Å². The summed E-state index contributed by atoms with van der Waals surface area (Å²) in [6.45, 7) is 2.69. The van der Waals surface area contributed by atoms with Gasteiger partial charge in [-0.2, -0.15) is 18.3 Å². The number of hydrogen-bond donors (Lipinski definition) is 1. The molecule has 0 fully saturated rings. The van der Waals surface area contributed by atoms with E-state index < -0.39 is 17.8 Å². The summed E-state index contributed by atoms with van der Waals surface area (Å²) in [5, 5.41) is 14.2. The number of hydrogen-bond acceptors (Lipinski definition) is 3. The molecule has 4 nitrogen and oxygen atoms in total. The minimum Gasteiger partial charge on any atom is -0.388 e. The summed E-state index contributed by atoms with van der Waals surface area (Å²) in [4.78, 5) is 4.07. The van der Waals surface area contributed by atoms with Gasteiger partial charge in [-0.25, -0.2) is 4.98 Å². The SMILES string of the molecule is CCCn1ncnc1CC(O)c1ccc(C(F)(F)F)cc1. The van der Waals surface area contributed by atoms with Gasteiger partial charge in [0, 0.05) is 13.0 Å². The second-order valence-electron chi connectivity index (χ2n) is 4.74. The van der Waals surface area contributed by atoms with E-state index in [1.165, 1.54) is 18.5 Å². The molecule has 0 amide bonds. The first kappa shape index (κ1) is 15.5. The molecule has 1 aromatic carbocycles. The second-order valence-corrected chi connectivity index (χ2v) is 4.74. The molecule has 1 aromatic heterocycles. The van der Waals surface area contributed by atoms with Gasteiger partial charge in [-0.05, 0) is 24.1 Å². The normalized spacial score (nSPS) is 13.4. The maximum Gasteiger partial charge on any atom is 0.416 e. The predicted octanol–water partition coefficient (Wildman–Crippen LogP) is 2.98. The first-order chi connectivity index (χ1) is 9.91. The quantitative estimate of drug-likeness (QED) is 0.923. The van der Waals surface area contributed by atoms with Crippen LogP contribution >= 0.6 is 0 Å². The maximum absolute atomic E-state index is 12.5. The minimum atomic E-state index is -4.37. The Morgan fingerprint density at radius 3 is 2.48 bits per heavy atom. The summed E-state index contributed by atoms with van der Waals surface area (Å²) in [5.74, 6) is 0.615. The molecule has 1 atom stereocenters. The third-order valence-electron chi connectivity index (χ3n) is 3.13. The van der Waals surface area contributed by atoms with Crippen LogP contribution in [0.25, 0.3) is 0 Å². The molecule has 114 valence electrons. The molecule has 0 aliphatic rings. The summed E-state index contributed by atoms with van der Waals surface area (Å²) >= 11 is 0. The largest absolute Gasteiger partial charge is 0.416 e. The first-order valence-electron chi connectivity index (χ1n) is 6.63. The van der Waals surface area contributed by atoms with Crippen molar-refractivity contribution in [3.8, 4) is 0 Å². The van der Waals surface area contributed by atoms with Crippen molar-refractivity contribution < 1.29 is 18.3 Å². The molecule has 7 heteroatoms. The van der Waals surface area contributed by atoms with Gasteiger partial charge in [0.1, 0.15) is 12.2 Å². The Morgan fingerprint density at radius 2 is 1.90 bits per heavy atom. The van der Waals surface area contributed by atoms with Gasteiger partial charge in [0.2, 0.25) is 0 Å². The highest BCUT2D eigenvalue weighted by atomic mass is 19.4. The number of nitrogens with zero attached hydrogens (tertiary/aromatic N) is 3. The topological polar surface area (TPSA) is 50.9 Å². The number of rotatable bonds is 5. The van der Waals surface area contributed by atoms with Gasteiger partial charge in [0.25, 0.3) is 0 Å². The Labute approximate surface area is 120 Å². The van der Waals surface area contributed by atoms with E-state index in [0.717, 1.165) is 18.6 Å². The molecule has 0 bridgehead atoms. The van der Waals surface area contributed by atoms with Gasteiger partial charge in [-0.15, -0.1) is 0 Å². The van der Waals surface area contributed by atoms with Gasteiger partial charge in [-0.3, -0.25) is 4.68 Å². The molecular weight excluding hydrogens is 283 g/mol. The summed E-state index contributed by atoms with van der Waals surface area (Å²) in [5.41, 5.74) is -0.304. The van der Waals surface area contributed by atoms with Crippen molar-refractivity contribution in [3.63, 3.8) is 0 Å². The third kappa shape index (κ3) is 3.81. The summed E-state index contributed by atoms with van der Waals surface area (Å²) in [6.07, 6.45) is -2.78. The molecule has 2 rings (SSSR count). The number of aliphatic hydroxyl groups excluding tert-OH is 1. The lowest BCUT2D eigenvalue weighted by atomic mass is 10.0. The molecule has 1 heterocycles. The highest BCUT2D eigenvalue weighted by molar-refractivity contribution is 5.26. The van der Waals surface area contributed by atoms with E-state index in [4.69, 9.17) is 0 Å². The monoisotopic (exact) mass is 299 g/mol. The van der Waals surface area contributed by atoms with Crippen LogP contribution in [0.15, 0.2) is 30.6 Å². The van der Waals surface area contributed by atoms with E-state index in [2.05, 4.69) is 10.1 Å². The van der Waals surface area contributed by atoms with Crippen LogP contribution in [0.1, 0.15) is 36.4 Å². The number of benzene rings is 1. The number of aromatic nitrogens is 3. The molecule has 1 unspecified atom stereocenters. The molecule has 2 aromatic rings. The Hall–Kier alpha value is -1.89. The van der Waals surface area contributed by atoms with Crippen molar-refractivity contribution in [2.45, 2.75) is 38.6 Å². The molecule has 0 saturated carbocycles. The molecule has 0 spiro atoms. The van der Waals surface area contributed by atoms with Crippen LogP contribution in [0, 0.1) is 0 Å². The summed E-state index contributed by atoms with van der Waals surface area (Å²) in [6, 6.07) is 4.51. The zero-order valence-electron chi connectivity index (χ0n) is 11.5. The Morgan fingerprint density at radius 1 is 1.24 bits per heavy atom. The number of halogens is 3. The molecule has 0 radical (unpaired) electrons. The zero-order valence-corrected chi connectivity index (χ0v) is 11.5. The van der Waals surface area contributed by atoms with E-state index in [1.54, 1.807) is 4.68 Å². The highest BCUT2D eigenvalue weighted by Gasteiger charge is 2.30. The standard InChI is InChI=1S/C14H16F3N3O/c1-2-7-20-13(18-9-19-20)8-12(21)10-3-5-11(6-4-10)14(15,16)17/h3-6,9,12,21H,2,7-8H2,1H3. The molecule has 0 aliphatic carbocycles. The van der Waals surface area contributed by atoms with Crippen LogP contribution in [0.4, 0.5) is 13.2 Å². The van der Waals surface area contributed by atoms with Crippen molar-refractivity contribution in [2.24, 2.45) is 0 Å². The van der Waals surface area contributed by atoms with Gasteiger partial charge < -0.3 is 5.11 Å². The average molecular weight is 299 g/mol. The van der Waals surface area contributed by atoms with Crippen LogP contribution in [0.3, 0.4) is 0 Å². The fraction of sp³-hybridized carbons (Fsp3) is 0.429. The highest BCUT2D eigenvalue weighted by Crippen LogP contribution is 2.30. The van der Waals surface area contributed by atoms with E-state index >= 15 is 0 Å². The van der Waals surface area contributed by atoms with Gasteiger partial charge in [0.05, 0.1) is 11.7 Å². The lowest BCUT2D eigenvalue weighted by Gasteiger charge is -2.13. The van der Waals surface area contributed by atoms with Crippen molar-refractivity contribution in [2.75, 3.05) is 0 Å². The van der Waals surface area contributed by atoms with E-state index in [1.807, 2.05) is 6.92 Å². The Kier molecular flexibility index (Phi) is 4.62.